The summed E-state index contributed by atoms with van der Waals surface area (Å²) in [6.45, 7) is 2.83. The normalized spacial score (nSPS) is 20.5. The fraction of sp³-hybridized carbons (Fsp3) is 0.462. The molecule has 1 amide bonds. The molecule has 3 nitrogen and oxygen atoms in total. The first-order valence-corrected chi connectivity index (χ1v) is 5.89. The molecule has 0 bridgehead atoms. The van der Waals surface area contributed by atoms with E-state index in [1.165, 1.54) is 5.56 Å². The zero-order valence-corrected chi connectivity index (χ0v) is 9.65. The van der Waals surface area contributed by atoms with Crippen molar-refractivity contribution in [1.29, 1.82) is 0 Å². The summed E-state index contributed by atoms with van der Waals surface area (Å²) in [5.41, 5.74) is 8.16. The number of nitrogens with zero attached hydrogens (tertiary/aromatic N) is 1. The smallest absolute Gasteiger partial charge is 0.243 e. The van der Waals surface area contributed by atoms with Crippen LogP contribution in [0.5, 0.6) is 0 Å². The van der Waals surface area contributed by atoms with Crippen molar-refractivity contribution in [3.05, 3.63) is 29.8 Å². The molecule has 0 saturated carbocycles. The molecule has 86 valence electrons. The Kier molecular flexibility index (Phi) is 3.25. The van der Waals surface area contributed by atoms with Gasteiger partial charge in [-0.05, 0) is 30.9 Å². The molecule has 0 spiro atoms. The molecule has 0 unspecified atom stereocenters. The van der Waals surface area contributed by atoms with Crippen molar-refractivity contribution in [2.45, 2.75) is 32.2 Å². The molecule has 2 rings (SSSR count). The van der Waals surface area contributed by atoms with E-state index in [0.29, 0.717) is 0 Å². The highest BCUT2D eigenvalue weighted by Crippen LogP contribution is 2.26. The highest BCUT2D eigenvalue weighted by atomic mass is 16.2. The van der Waals surface area contributed by atoms with Crippen LogP contribution in [0.4, 0.5) is 5.69 Å². The van der Waals surface area contributed by atoms with Crippen LogP contribution in [-0.4, -0.2) is 18.5 Å². The summed E-state index contributed by atoms with van der Waals surface area (Å²) in [7, 11) is 0. The molecule has 0 fully saturated rings. The number of rotatable bonds is 2. The van der Waals surface area contributed by atoms with E-state index in [2.05, 4.69) is 13.0 Å². The van der Waals surface area contributed by atoms with Gasteiger partial charge < -0.3 is 10.6 Å². The molecule has 0 aliphatic carbocycles. The van der Waals surface area contributed by atoms with Gasteiger partial charge in [0.25, 0.3) is 0 Å². The number of para-hydroxylation sites is 1. The molecule has 3 heteroatoms. The lowest BCUT2D eigenvalue weighted by molar-refractivity contribution is -0.119. The maximum Gasteiger partial charge on any atom is 0.243 e. The fourth-order valence-electron chi connectivity index (χ4n) is 2.19. The topological polar surface area (TPSA) is 46.3 Å². The fourth-order valence-corrected chi connectivity index (χ4v) is 2.19. The van der Waals surface area contributed by atoms with Crippen LogP contribution in [-0.2, 0) is 11.2 Å². The van der Waals surface area contributed by atoms with Gasteiger partial charge in [0.1, 0.15) is 0 Å². The largest absolute Gasteiger partial charge is 0.320 e. The number of aryl methyl sites for hydroxylation is 1. The first kappa shape index (κ1) is 11.1. The van der Waals surface area contributed by atoms with Crippen LogP contribution in [0, 0.1) is 0 Å². The first-order valence-electron chi connectivity index (χ1n) is 5.89. The van der Waals surface area contributed by atoms with E-state index in [-0.39, 0.29) is 11.9 Å². The lowest BCUT2D eigenvalue weighted by Crippen LogP contribution is -2.43. The number of hydrogen-bond acceptors (Lipinski definition) is 2. The van der Waals surface area contributed by atoms with Gasteiger partial charge in [0.05, 0.1) is 6.04 Å². The van der Waals surface area contributed by atoms with Gasteiger partial charge in [-0.1, -0.05) is 25.1 Å². The summed E-state index contributed by atoms with van der Waals surface area (Å²) >= 11 is 0. The minimum absolute atomic E-state index is 0.0619. The van der Waals surface area contributed by atoms with Crippen molar-refractivity contribution in [2.24, 2.45) is 5.73 Å². The SMILES string of the molecule is CCCN1C(=O)[C@@H](N)CCc2ccccc21. The van der Waals surface area contributed by atoms with Gasteiger partial charge in [-0.15, -0.1) is 0 Å². The van der Waals surface area contributed by atoms with E-state index >= 15 is 0 Å². The van der Waals surface area contributed by atoms with Crippen LogP contribution < -0.4 is 10.6 Å². The highest BCUT2D eigenvalue weighted by molar-refractivity contribution is 5.98. The second kappa shape index (κ2) is 4.66. The third-order valence-corrected chi connectivity index (χ3v) is 3.04. The minimum atomic E-state index is -0.348. The number of carbonyl (C=O) groups is 1. The Morgan fingerprint density at radius 3 is 2.94 bits per heavy atom. The number of benzene rings is 1. The van der Waals surface area contributed by atoms with Gasteiger partial charge >= 0.3 is 0 Å². The molecular weight excluding hydrogens is 200 g/mol. The van der Waals surface area contributed by atoms with Crippen LogP contribution in [0.2, 0.25) is 0 Å². The molecule has 16 heavy (non-hydrogen) atoms. The van der Waals surface area contributed by atoms with Crippen LogP contribution >= 0.6 is 0 Å². The Morgan fingerprint density at radius 2 is 2.19 bits per heavy atom. The zero-order chi connectivity index (χ0) is 11.5. The van der Waals surface area contributed by atoms with Crippen molar-refractivity contribution in [1.82, 2.24) is 0 Å². The molecule has 1 heterocycles. The molecule has 1 aliphatic rings. The number of anilines is 1. The van der Waals surface area contributed by atoms with E-state index in [1.807, 2.05) is 23.1 Å². The second-order valence-electron chi connectivity index (χ2n) is 4.26. The van der Waals surface area contributed by atoms with Crippen molar-refractivity contribution >= 4 is 11.6 Å². The first-order chi connectivity index (χ1) is 7.74. The van der Waals surface area contributed by atoms with E-state index in [1.54, 1.807) is 0 Å². The van der Waals surface area contributed by atoms with Crippen LogP contribution in [0.25, 0.3) is 0 Å². The summed E-state index contributed by atoms with van der Waals surface area (Å²) in [5.74, 6) is 0.0619. The van der Waals surface area contributed by atoms with Gasteiger partial charge in [0.15, 0.2) is 0 Å². The van der Waals surface area contributed by atoms with Gasteiger partial charge in [-0.3, -0.25) is 4.79 Å². The van der Waals surface area contributed by atoms with Crippen molar-refractivity contribution < 1.29 is 4.79 Å². The van der Waals surface area contributed by atoms with Crippen LogP contribution in [0.3, 0.4) is 0 Å². The number of amides is 1. The maximum atomic E-state index is 12.1. The number of hydrogen-bond donors (Lipinski definition) is 1. The van der Waals surface area contributed by atoms with E-state index in [0.717, 1.165) is 31.5 Å². The van der Waals surface area contributed by atoms with Crippen molar-refractivity contribution in [3.8, 4) is 0 Å². The lowest BCUT2D eigenvalue weighted by atomic mass is 10.1. The van der Waals surface area contributed by atoms with Gasteiger partial charge in [0, 0.05) is 12.2 Å². The highest BCUT2D eigenvalue weighted by Gasteiger charge is 2.26. The molecule has 1 aliphatic heterocycles. The third kappa shape index (κ3) is 1.95. The maximum absolute atomic E-state index is 12.1. The Labute approximate surface area is 96.2 Å². The molecule has 1 aromatic carbocycles. The molecule has 1 aromatic rings. The number of fused-ring (bicyclic) bond motifs is 1. The Hall–Kier alpha value is -1.35. The Morgan fingerprint density at radius 1 is 1.44 bits per heavy atom. The number of carbonyl (C=O) groups excluding carboxylic acids is 1. The number of nitrogens with two attached hydrogens (primary N) is 1. The minimum Gasteiger partial charge on any atom is -0.320 e. The molecule has 0 saturated heterocycles. The van der Waals surface area contributed by atoms with Crippen molar-refractivity contribution in [3.63, 3.8) is 0 Å². The summed E-state index contributed by atoms with van der Waals surface area (Å²) in [4.78, 5) is 13.9. The summed E-state index contributed by atoms with van der Waals surface area (Å²) in [6.07, 6.45) is 2.59. The molecule has 2 N–H and O–H groups in total. The Bertz CT molecular complexity index is 389. The molecular formula is C13H18N2O. The van der Waals surface area contributed by atoms with Gasteiger partial charge in [-0.2, -0.15) is 0 Å². The average Bonchev–Trinajstić information content (AvgIpc) is 2.42. The zero-order valence-electron chi connectivity index (χ0n) is 9.65. The Balaban J connectivity index is 2.41. The molecule has 0 aromatic heterocycles. The predicted octanol–water partition coefficient (Wildman–Crippen LogP) is 1.70. The molecule has 0 radical (unpaired) electrons. The lowest BCUT2D eigenvalue weighted by Gasteiger charge is -2.23. The summed E-state index contributed by atoms with van der Waals surface area (Å²) in [6, 6.07) is 7.75. The molecule has 1 atom stereocenters. The standard InChI is InChI=1S/C13H18N2O/c1-2-9-15-12-6-4-3-5-10(12)7-8-11(14)13(15)16/h3-6,11H,2,7-9,14H2,1H3/t11-/m0/s1. The van der Waals surface area contributed by atoms with Crippen LogP contribution in [0.15, 0.2) is 24.3 Å². The summed E-state index contributed by atoms with van der Waals surface area (Å²) < 4.78 is 0. The summed E-state index contributed by atoms with van der Waals surface area (Å²) in [5, 5.41) is 0. The monoisotopic (exact) mass is 218 g/mol. The van der Waals surface area contributed by atoms with Crippen LogP contribution in [0.1, 0.15) is 25.3 Å². The van der Waals surface area contributed by atoms with Gasteiger partial charge in [0.2, 0.25) is 5.91 Å². The van der Waals surface area contributed by atoms with Gasteiger partial charge in [-0.25, -0.2) is 0 Å². The quantitative estimate of drug-likeness (QED) is 0.821. The van der Waals surface area contributed by atoms with E-state index in [4.69, 9.17) is 5.73 Å². The second-order valence-corrected chi connectivity index (χ2v) is 4.26. The van der Waals surface area contributed by atoms with E-state index in [9.17, 15) is 4.79 Å². The third-order valence-electron chi connectivity index (χ3n) is 3.04. The predicted molar refractivity (Wildman–Crippen MR) is 65.4 cm³/mol. The van der Waals surface area contributed by atoms with E-state index < -0.39 is 0 Å². The van der Waals surface area contributed by atoms with Crippen molar-refractivity contribution in [2.75, 3.05) is 11.4 Å². The average molecular weight is 218 g/mol.